The summed E-state index contributed by atoms with van der Waals surface area (Å²) in [6.45, 7) is 7.65. The summed E-state index contributed by atoms with van der Waals surface area (Å²) in [7, 11) is 0. The summed E-state index contributed by atoms with van der Waals surface area (Å²) >= 11 is 0. The summed E-state index contributed by atoms with van der Waals surface area (Å²) in [6, 6.07) is 10.5. The van der Waals surface area contributed by atoms with Gasteiger partial charge < -0.3 is 14.9 Å². The zero-order valence-electron chi connectivity index (χ0n) is 17.4. The number of benzene rings is 1. The highest BCUT2D eigenvalue weighted by Gasteiger charge is 2.29. The number of morpholine rings is 1. The van der Waals surface area contributed by atoms with Gasteiger partial charge in [0.2, 0.25) is 0 Å². The third-order valence-corrected chi connectivity index (χ3v) is 5.54. The van der Waals surface area contributed by atoms with Gasteiger partial charge in [0.1, 0.15) is 0 Å². The van der Waals surface area contributed by atoms with Crippen LogP contribution in [-0.2, 0) is 20.7 Å². The Balaban J connectivity index is 0.000000377. The van der Waals surface area contributed by atoms with Crippen LogP contribution in [-0.4, -0.2) is 68.7 Å². The van der Waals surface area contributed by atoms with Crippen LogP contribution in [0.2, 0.25) is 0 Å². The molecular weight excluding hydrogens is 386 g/mol. The lowest BCUT2D eigenvalue weighted by Gasteiger charge is -2.35. The lowest BCUT2D eigenvalue weighted by atomic mass is 10.00. The fraction of sp³-hybridized carbons (Fsp3) is 0.500. The van der Waals surface area contributed by atoms with Gasteiger partial charge in [0.25, 0.3) is 0 Å². The molecule has 2 heterocycles. The minimum Gasteiger partial charge on any atom is -0.473 e. The second-order valence-electron chi connectivity index (χ2n) is 7.95. The largest absolute Gasteiger partial charge is 0.473 e. The molecule has 0 amide bonds. The Kier molecular flexibility index (Phi) is 7.23. The average Bonchev–Trinajstić information content (AvgIpc) is 3.29. The van der Waals surface area contributed by atoms with E-state index in [0.717, 1.165) is 19.5 Å². The van der Waals surface area contributed by atoms with E-state index in [4.69, 9.17) is 24.5 Å². The van der Waals surface area contributed by atoms with Crippen LogP contribution in [0, 0.1) is 0 Å². The molecule has 1 aliphatic heterocycles. The number of carboxylic acids is 2. The lowest BCUT2D eigenvalue weighted by Crippen LogP contribution is -2.45. The van der Waals surface area contributed by atoms with Gasteiger partial charge in [-0.25, -0.2) is 14.3 Å². The van der Waals surface area contributed by atoms with E-state index in [2.05, 4.69) is 65.1 Å². The molecule has 4 rings (SSSR count). The minimum absolute atomic E-state index is 0.355. The number of rotatable bonds is 4. The first kappa shape index (κ1) is 22.0. The van der Waals surface area contributed by atoms with Gasteiger partial charge in [0, 0.05) is 18.8 Å². The smallest absolute Gasteiger partial charge is 0.414 e. The summed E-state index contributed by atoms with van der Waals surface area (Å²) in [5, 5.41) is 19.4. The summed E-state index contributed by atoms with van der Waals surface area (Å²) in [5.74, 6) is -2.99. The van der Waals surface area contributed by atoms with E-state index >= 15 is 0 Å². The highest BCUT2D eigenvalue weighted by molar-refractivity contribution is 6.27. The number of ether oxygens (including phenoxy) is 1. The summed E-state index contributed by atoms with van der Waals surface area (Å²) < 4.78 is 7.97. The molecule has 3 unspecified atom stereocenters. The molecule has 3 atom stereocenters. The van der Waals surface area contributed by atoms with Crippen molar-refractivity contribution in [3.8, 4) is 5.69 Å². The fourth-order valence-corrected chi connectivity index (χ4v) is 4.34. The van der Waals surface area contributed by atoms with Crippen molar-refractivity contribution in [2.24, 2.45) is 0 Å². The number of hydrogen-bond donors (Lipinski definition) is 2. The van der Waals surface area contributed by atoms with Gasteiger partial charge in [0.15, 0.2) is 0 Å². The van der Waals surface area contributed by atoms with Gasteiger partial charge in [0.05, 0.1) is 24.1 Å². The molecule has 0 saturated carbocycles. The van der Waals surface area contributed by atoms with E-state index < -0.39 is 11.9 Å². The van der Waals surface area contributed by atoms with Crippen LogP contribution in [0.3, 0.4) is 0 Å². The van der Waals surface area contributed by atoms with E-state index in [1.165, 1.54) is 36.3 Å². The molecule has 1 aromatic heterocycles. The molecule has 0 radical (unpaired) electrons. The molecule has 30 heavy (non-hydrogen) atoms. The van der Waals surface area contributed by atoms with Crippen LogP contribution < -0.4 is 0 Å². The number of carboxylic acid groups (broad SMARTS) is 2. The van der Waals surface area contributed by atoms with Gasteiger partial charge in [-0.3, -0.25) is 4.90 Å². The van der Waals surface area contributed by atoms with Crippen molar-refractivity contribution >= 4 is 11.9 Å². The molecule has 2 N–H and O–H groups in total. The van der Waals surface area contributed by atoms with Crippen LogP contribution in [0.1, 0.15) is 43.9 Å². The molecule has 1 saturated heterocycles. The molecule has 0 spiro atoms. The van der Waals surface area contributed by atoms with Crippen molar-refractivity contribution in [3.63, 3.8) is 0 Å². The quantitative estimate of drug-likeness (QED) is 0.740. The Morgan fingerprint density at radius 1 is 1.10 bits per heavy atom. The topological polar surface area (TPSA) is 105 Å². The van der Waals surface area contributed by atoms with E-state index in [1.54, 1.807) is 0 Å². The molecule has 8 heteroatoms. The second kappa shape index (κ2) is 9.86. The monoisotopic (exact) mass is 415 g/mol. The lowest BCUT2D eigenvalue weighted by molar-refractivity contribution is -0.159. The first-order valence-corrected chi connectivity index (χ1v) is 10.3. The molecule has 0 bridgehead atoms. The van der Waals surface area contributed by atoms with Crippen LogP contribution >= 0.6 is 0 Å². The standard InChI is InChI=1S/C20H27N3O.C2H2O4/c1-15-13-22(14-16(2)24-15)11-10-17-8-9-20-19(17)12-21-23(20)18-6-4-3-5-7-18;3-1(4)2(5)6/h3-7,12,15-17H,8-11,13-14H2,1-2H3;(H,3,4)(H,5,6). The number of fused-ring (bicyclic) bond motifs is 1. The summed E-state index contributed by atoms with van der Waals surface area (Å²) in [6.07, 6.45) is 6.44. The van der Waals surface area contributed by atoms with Gasteiger partial charge >= 0.3 is 11.9 Å². The SMILES string of the molecule is CC1CN(CCC2CCc3c2cnn3-c2ccccc2)CC(C)O1.O=C(O)C(=O)O. The molecule has 1 fully saturated rings. The summed E-state index contributed by atoms with van der Waals surface area (Å²) in [4.78, 5) is 20.8. The first-order valence-electron chi connectivity index (χ1n) is 10.3. The summed E-state index contributed by atoms with van der Waals surface area (Å²) in [5.41, 5.74) is 4.05. The highest BCUT2D eigenvalue weighted by atomic mass is 16.5. The van der Waals surface area contributed by atoms with Crippen LogP contribution in [0.25, 0.3) is 5.69 Å². The number of nitrogens with zero attached hydrogens (tertiary/aromatic N) is 3. The number of aromatic nitrogens is 2. The van der Waals surface area contributed by atoms with Crippen LogP contribution in [0.5, 0.6) is 0 Å². The Morgan fingerprint density at radius 2 is 1.73 bits per heavy atom. The van der Waals surface area contributed by atoms with Crippen molar-refractivity contribution < 1.29 is 24.5 Å². The molecule has 1 aromatic carbocycles. The van der Waals surface area contributed by atoms with E-state index in [-0.39, 0.29) is 0 Å². The van der Waals surface area contributed by atoms with E-state index in [0.29, 0.717) is 18.1 Å². The number of para-hydroxylation sites is 1. The van der Waals surface area contributed by atoms with Gasteiger partial charge in [-0.05, 0) is 63.3 Å². The second-order valence-corrected chi connectivity index (χ2v) is 7.95. The molecule has 1 aliphatic carbocycles. The van der Waals surface area contributed by atoms with E-state index in [9.17, 15) is 0 Å². The highest BCUT2D eigenvalue weighted by Crippen LogP contribution is 2.36. The normalized spacial score (nSPS) is 23.3. The van der Waals surface area contributed by atoms with Crippen molar-refractivity contribution in [1.29, 1.82) is 0 Å². The molecular formula is C22H29N3O5. The maximum absolute atomic E-state index is 9.10. The molecule has 162 valence electrons. The van der Waals surface area contributed by atoms with Gasteiger partial charge in [-0.15, -0.1) is 0 Å². The Morgan fingerprint density at radius 3 is 2.33 bits per heavy atom. The Bertz CT molecular complexity index is 845. The predicted octanol–water partition coefficient (Wildman–Crippen LogP) is 2.56. The minimum atomic E-state index is -1.82. The van der Waals surface area contributed by atoms with E-state index in [1.807, 2.05) is 0 Å². The van der Waals surface area contributed by atoms with Crippen molar-refractivity contribution in [2.45, 2.75) is 51.2 Å². The van der Waals surface area contributed by atoms with Crippen LogP contribution in [0.15, 0.2) is 36.5 Å². The number of aliphatic carboxylic acids is 2. The third kappa shape index (κ3) is 5.46. The number of hydrogen-bond acceptors (Lipinski definition) is 5. The van der Waals surface area contributed by atoms with Crippen molar-refractivity contribution in [2.75, 3.05) is 19.6 Å². The zero-order valence-corrected chi connectivity index (χ0v) is 17.4. The van der Waals surface area contributed by atoms with Gasteiger partial charge in [-0.1, -0.05) is 18.2 Å². The van der Waals surface area contributed by atoms with Gasteiger partial charge in [-0.2, -0.15) is 5.10 Å². The number of carbonyl (C=O) groups is 2. The molecule has 2 aromatic rings. The van der Waals surface area contributed by atoms with Crippen molar-refractivity contribution in [3.05, 3.63) is 47.8 Å². The fourth-order valence-electron chi connectivity index (χ4n) is 4.34. The van der Waals surface area contributed by atoms with Crippen molar-refractivity contribution in [1.82, 2.24) is 14.7 Å². The Labute approximate surface area is 176 Å². The third-order valence-electron chi connectivity index (χ3n) is 5.54. The zero-order chi connectivity index (χ0) is 21.7. The van der Waals surface area contributed by atoms with Crippen LogP contribution in [0.4, 0.5) is 0 Å². The maximum Gasteiger partial charge on any atom is 0.414 e. The Hall–Kier alpha value is -2.71. The predicted molar refractivity (Wildman–Crippen MR) is 111 cm³/mol. The average molecular weight is 415 g/mol. The maximum atomic E-state index is 9.10. The first-order chi connectivity index (χ1) is 14.3. The molecule has 8 nitrogen and oxygen atoms in total. The molecule has 2 aliphatic rings.